The summed E-state index contributed by atoms with van der Waals surface area (Å²) in [5.41, 5.74) is 0.725. The molecule has 5 heteroatoms. The minimum atomic E-state index is 0.0497. The first-order valence-electron chi connectivity index (χ1n) is 6.78. The van der Waals surface area contributed by atoms with E-state index in [1.54, 1.807) is 18.8 Å². The van der Waals surface area contributed by atoms with Crippen molar-refractivity contribution in [2.45, 2.75) is 17.7 Å². The van der Waals surface area contributed by atoms with E-state index < -0.39 is 0 Å². The molecule has 1 aromatic carbocycles. The normalized spacial score (nSPS) is 18.1. The van der Waals surface area contributed by atoms with Gasteiger partial charge in [0.15, 0.2) is 0 Å². The Morgan fingerprint density at radius 1 is 1.35 bits per heavy atom. The second kappa shape index (κ2) is 6.79. The Kier molecular flexibility index (Phi) is 5.06. The molecule has 1 heterocycles. The maximum atomic E-state index is 12.4. The number of carbonyl (C=O) groups is 2. The lowest BCUT2D eigenvalue weighted by Crippen LogP contribution is -2.29. The SMILES string of the molecule is CNC(=O)C[C@H]1CCN(C(=O)c2ccc(SC)cc2)C1. The van der Waals surface area contributed by atoms with Crippen molar-refractivity contribution in [1.82, 2.24) is 10.2 Å². The quantitative estimate of drug-likeness (QED) is 0.864. The van der Waals surface area contributed by atoms with E-state index in [1.807, 2.05) is 35.4 Å². The zero-order valence-electron chi connectivity index (χ0n) is 11.9. The highest BCUT2D eigenvalue weighted by atomic mass is 32.2. The molecule has 2 rings (SSSR count). The molecule has 0 bridgehead atoms. The Morgan fingerprint density at radius 2 is 2.05 bits per heavy atom. The van der Waals surface area contributed by atoms with Crippen LogP contribution in [0.3, 0.4) is 0 Å². The summed E-state index contributed by atoms with van der Waals surface area (Å²) < 4.78 is 0. The lowest BCUT2D eigenvalue weighted by Gasteiger charge is -2.16. The predicted octanol–water partition coefficient (Wildman–Crippen LogP) is 2.01. The Morgan fingerprint density at radius 3 is 2.65 bits per heavy atom. The molecule has 1 atom stereocenters. The molecule has 1 aliphatic heterocycles. The van der Waals surface area contributed by atoms with E-state index in [9.17, 15) is 9.59 Å². The molecular weight excluding hydrogens is 272 g/mol. The van der Waals surface area contributed by atoms with Crippen LogP contribution in [0.5, 0.6) is 0 Å². The smallest absolute Gasteiger partial charge is 0.253 e. The molecule has 0 unspecified atom stereocenters. The Labute approximate surface area is 123 Å². The molecule has 1 aliphatic rings. The summed E-state index contributed by atoms with van der Waals surface area (Å²) in [6.07, 6.45) is 3.43. The van der Waals surface area contributed by atoms with Gasteiger partial charge in [-0.1, -0.05) is 0 Å². The van der Waals surface area contributed by atoms with Gasteiger partial charge in [-0.3, -0.25) is 9.59 Å². The summed E-state index contributed by atoms with van der Waals surface area (Å²) in [7, 11) is 1.65. The van der Waals surface area contributed by atoms with Gasteiger partial charge in [-0.25, -0.2) is 0 Å². The highest BCUT2D eigenvalue weighted by Crippen LogP contribution is 2.22. The van der Waals surface area contributed by atoms with Gasteiger partial charge >= 0.3 is 0 Å². The second-order valence-electron chi connectivity index (χ2n) is 5.01. The largest absolute Gasteiger partial charge is 0.359 e. The molecule has 1 saturated heterocycles. The molecule has 20 heavy (non-hydrogen) atoms. The van der Waals surface area contributed by atoms with Crippen LogP contribution in [0.4, 0.5) is 0 Å². The first-order valence-corrected chi connectivity index (χ1v) is 8.00. The highest BCUT2D eigenvalue weighted by molar-refractivity contribution is 7.98. The van der Waals surface area contributed by atoms with Crippen molar-refractivity contribution in [3.8, 4) is 0 Å². The van der Waals surface area contributed by atoms with Crippen molar-refractivity contribution in [1.29, 1.82) is 0 Å². The minimum Gasteiger partial charge on any atom is -0.359 e. The number of carbonyl (C=O) groups excluding carboxylic acids is 2. The van der Waals surface area contributed by atoms with E-state index in [-0.39, 0.29) is 17.7 Å². The molecule has 0 aromatic heterocycles. The third-order valence-corrected chi connectivity index (χ3v) is 4.41. The number of amides is 2. The van der Waals surface area contributed by atoms with Crippen molar-refractivity contribution in [2.24, 2.45) is 5.92 Å². The summed E-state index contributed by atoms with van der Waals surface area (Å²) in [6, 6.07) is 7.69. The fourth-order valence-electron chi connectivity index (χ4n) is 2.46. The van der Waals surface area contributed by atoms with Crippen LogP contribution in [0.25, 0.3) is 0 Å². The fourth-order valence-corrected chi connectivity index (χ4v) is 2.87. The monoisotopic (exact) mass is 292 g/mol. The van der Waals surface area contributed by atoms with Crippen LogP contribution in [0.15, 0.2) is 29.2 Å². The number of likely N-dealkylation sites (tertiary alicyclic amines) is 1. The summed E-state index contributed by atoms with van der Waals surface area (Å²) in [5.74, 6) is 0.398. The van der Waals surface area contributed by atoms with Crippen molar-refractivity contribution < 1.29 is 9.59 Å². The van der Waals surface area contributed by atoms with Gasteiger partial charge in [-0.05, 0) is 42.9 Å². The van der Waals surface area contributed by atoms with Crippen LogP contribution < -0.4 is 5.32 Å². The van der Waals surface area contributed by atoms with E-state index in [2.05, 4.69) is 5.32 Å². The number of hydrogen-bond donors (Lipinski definition) is 1. The predicted molar refractivity (Wildman–Crippen MR) is 80.9 cm³/mol. The zero-order valence-corrected chi connectivity index (χ0v) is 12.7. The second-order valence-corrected chi connectivity index (χ2v) is 5.89. The Hall–Kier alpha value is -1.49. The van der Waals surface area contributed by atoms with Gasteiger partial charge in [-0.15, -0.1) is 11.8 Å². The minimum absolute atomic E-state index is 0.0497. The molecule has 0 saturated carbocycles. The van der Waals surface area contributed by atoms with E-state index in [0.29, 0.717) is 13.0 Å². The molecular formula is C15H20N2O2S. The molecule has 1 N–H and O–H groups in total. The lowest BCUT2D eigenvalue weighted by atomic mass is 10.0. The first kappa shape index (κ1) is 14.9. The number of benzene rings is 1. The summed E-state index contributed by atoms with van der Waals surface area (Å²) in [5, 5.41) is 2.64. The van der Waals surface area contributed by atoms with Crippen molar-refractivity contribution in [2.75, 3.05) is 26.4 Å². The van der Waals surface area contributed by atoms with Crippen LogP contribution in [-0.2, 0) is 4.79 Å². The van der Waals surface area contributed by atoms with E-state index in [1.165, 1.54) is 0 Å². The van der Waals surface area contributed by atoms with Crippen LogP contribution in [0.1, 0.15) is 23.2 Å². The van der Waals surface area contributed by atoms with Crippen LogP contribution in [0.2, 0.25) is 0 Å². The molecule has 0 aliphatic carbocycles. The van der Waals surface area contributed by atoms with Gasteiger partial charge in [-0.2, -0.15) is 0 Å². The van der Waals surface area contributed by atoms with Gasteiger partial charge in [0.1, 0.15) is 0 Å². The van der Waals surface area contributed by atoms with Gasteiger partial charge in [0.05, 0.1) is 0 Å². The zero-order chi connectivity index (χ0) is 14.5. The van der Waals surface area contributed by atoms with Crippen LogP contribution in [0, 0.1) is 5.92 Å². The molecule has 0 radical (unpaired) electrons. The van der Waals surface area contributed by atoms with Gasteiger partial charge in [0, 0.05) is 37.0 Å². The first-order chi connectivity index (χ1) is 9.63. The van der Waals surface area contributed by atoms with Crippen LogP contribution in [-0.4, -0.2) is 43.1 Å². The molecule has 1 aromatic rings. The summed E-state index contributed by atoms with van der Waals surface area (Å²) >= 11 is 1.66. The van der Waals surface area contributed by atoms with Gasteiger partial charge in [0.2, 0.25) is 5.91 Å². The van der Waals surface area contributed by atoms with E-state index in [0.717, 1.165) is 23.4 Å². The van der Waals surface area contributed by atoms with E-state index in [4.69, 9.17) is 0 Å². The van der Waals surface area contributed by atoms with Crippen molar-refractivity contribution in [3.05, 3.63) is 29.8 Å². The van der Waals surface area contributed by atoms with Gasteiger partial charge < -0.3 is 10.2 Å². The third kappa shape index (κ3) is 3.54. The van der Waals surface area contributed by atoms with Gasteiger partial charge in [0.25, 0.3) is 5.91 Å². The third-order valence-electron chi connectivity index (χ3n) is 3.66. The fraction of sp³-hybridized carbons (Fsp3) is 0.467. The van der Waals surface area contributed by atoms with E-state index >= 15 is 0 Å². The Bertz CT molecular complexity index is 487. The van der Waals surface area contributed by atoms with Crippen molar-refractivity contribution >= 4 is 23.6 Å². The van der Waals surface area contributed by atoms with Crippen LogP contribution >= 0.6 is 11.8 Å². The topological polar surface area (TPSA) is 49.4 Å². The average Bonchev–Trinajstić information content (AvgIpc) is 2.95. The summed E-state index contributed by atoms with van der Waals surface area (Å²) in [4.78, 5) is 26.7. The lowest BCUT2D eigenvalue weighted by molar-refractivity contribution is -0.121. The number of nitrogens with one attached hydrogen (secondary N) is 1. The maximum Gasteiger partial charge on any atom is 0.253 e. The van der Waals surface area contributed by atoms with Crippen molar-refractivity contribution in [3.63, 3.8) is 0 Å². The molecule has 4 nitrogen and oxygen atoms in total. The average molecular weight is 292 g/mol. The molecule has 2 amide bonds. The highest BCUT2D eigenvalue weighted by Gasteiger charge is 2.28. The molecule has 108 valence electrons. The standard InChI is InChI=1S/C15H20N2O2S/c1-16-14(18)9-11-7-8-17(10-11)15(19)12-3-5-13(20-2)6-4-12/h3-6,11H,7-10H2,1-2H3,(H,16,18)/t11-/m1/s1. The Balaban J connectivity index is 1.95. The maximum absolute atomic E-state index is 12.4. The number of hydrogen-bond acceptors (Lipinski definition) is 3. The number of nitrogens with zero attached hydrogens (tertiary/aromatic N) is 1. The summed E-state index contributed by atoms with van der Waals surface area (Å²) in [6.45, 7) is 1.42. The molecule has 0 spiro atoms. The number of thioether (sulfide) groups is 1. The number of rotatable bonds is 4. The molecule has 1 fully saturated rings.